The number of hydrogen-bond acceptors (Lipinski definition) is 2. The van der Waals surface area contributed by atoms with Gasteiger partial charge in [-0.3, -0.25) is 0 Å². The second-order valence-corrected chi connectivity index (χ2v) is 5.15. The van der Waals surface area contributed by atoms with Gasteiger partial charge in [-0.2, -0.15) is 0 Å². The van der Waals surface area contributed by atoms with Crippen LogP contribution in [0.5, 0.6) is 0 Å². The normalized spacial score (nSPS) is 19.1. The van der Waals surface area contributed by atoms with E-state index in [9.17, 15) is 0 Å². The maximum absolute atomic E-state index is 3.72. The van der Waals surface area contributed by atoms with Crippen LogP contribution in [0.4, 0.5) is 0 Å². The number of rotatable bonds is 3. The zero-order chi connectivity index (χ0) is 12.4. The van der Waals surface area contributed by atoms with Gasteiger partial charge in [-0.05, 0) is 36.2 Å². The minimum Gasteiger partial charge on any atom is -0.315 e. The minimum absolute atomic E-state index is 0. The molecule has 110 valence electrons. The van der Waals surface area contributed by atoms with Crippen molar-refractivity contribution in [3.8, 4) is 0 Å². The van der Waals surface area contributed by atoms with E-state index in [0.717, 1.165) is 13.1 Å². The van der Waals surface area contributed by atoms with E-state index < -0.39 is 0 Å². The summed E-state index contributed by atoms with van der Waals surface area (Å²) >= 11 is 0. The van der Waals surface area contributed by atoms with E-state index >= 15 is 0 Å². The molecular weight excluding hydrogens is 291 g/mol. The number of nitrogens with one attached hydrogen (secondary N) is 2. The molecule has 2 aromatic carbocycles. The Morgan fingerprint density at radius 3 is 2.60 bits per heavy atom. The summed E-state index contributed by atoms with van der Waals surface area (Å²) in [4.78, 5) is 0. The number of benzene rings is 2. The first-order valence-corrected chi connectivity index (χ1v) is 6.79. The van der Waals surface area contributed by atoms with Crippen molar-refractivity contribution in [1.82, 2.24) is 10.6 Å². The smallest absolute Gasteiger partial charge is 0.0301 e. The maximum atomic E-state index is 3.72. The van der Waals surface area contributed by atoms with Crippen molar-refractivity contribution < 1.29 is 0 Å². The van der Waals surface area contributed by atoms with Gasteiger partial charge in [-0.1, -0.05) is 42.5 Å². The van der Waals surface area contributed by atoms with Crippen LogP contribution in [0.15, 0.2) is 42.5 Å². The molecule has 4 heteroatoms. The molecule has 1 heterocycles. The van der Waals surface area contributed by atoms with Gasteiger partial charge >= 0.3 is 0 Å². The lowest BCUT2D eigenvalue weighted by atomic mass is 9.99. The van der Waals surface area contributed by atoms with Gasteiger partial charge in [0.05, 0.1) is 0 Å². The molecule has 1 saturated heterocycles. The van der Waals surface area contributed by atoms with Crippen molar-refractivity contribution in [2.75, 3.05) is 13.1 Å². The minimum atomic E-state index is 0. The highest BCUT2D eigenvalue weighted by atomic mass is 35.5. The Morgan fingerprint density at radius 1 is 1.10 bits per heavy atom. The zero-order valence-corrected chi connectivity index (χ0v) is 13.3. The average Bonchev–Trinajstić information content (AvgIpc) is 2.91. The van der Waals surface area contributed by atoms with E-state index in [2.05, 4.69) is 60.0 Å². The van der Waals surface area contributed by atoms with Crippen LogP contribution in [0.2, 0.25) is 0 Å². The Hall–Kier alpha value is -0.800. The standard InChI is InChI=1S/C16H20N2.2ClH/c1-12(18-14-9-10-17-11-14)15-8-4-6-13-5-2-3-7-16(13)15;;/h2-8,12,14,17-18H,9-11H2,1H3;2*1H/t12-,14+;;/m1../s1. The van der Waals surface area contributed by atoms with E-state index in [1.807, 2.05) is 0 Å². The summed E-state index contributed by atoms with van der Waals surface area (Å²) in [6, 6.07) is 16.2. The molecule has 3 rings (SSSR count). The van der Waals surface area contributed by atoms with Crippen molar-refractivity contribution in [2.24, 2.45) is 0 Å². The molecule has 0 aromatic heterocycles. The molecule has 2 aromatic rings. The first-order chi connectivity index (χ1) is 8.84. The predicted octanol–water partition coefficient (Wildman–Crippen LogP) is 3.70. The van der Waals surface area contributed by atoms with Gasteiger partial charge in [0.1, 0.15) is 0 Å². The maximum Gasteiger partial charge on any atom is 0.0301 e. The van der Waals surface area contributed by atoms with E-state index in [0.29, 0.717) is 12.1 Å². The zero-order valence-electron chi connectivity index (χ0n) is 11.6. The summed E-state index contributed by atoms with van der Waals surface area (Å²) < 4.78 is 0. The van der Waals surface area contributed by atoms with Crippen LogP contribution in [-0.2, 0) is 0 Å². The first kappa shape index (κ1) is 17.3. The Balaban J connectivity index is 0.000001000. The van der Waals surface area contributed by atoms with Crippen molar-refractivity contribution in [2.45, 2.75) is 25.4 Å². The summed E-state index contributed by atoms with van der Waals surface area (Å²) in [6.45, 7) is 4.50. The van der Waals surface area contributed by atoms with Gasteiger partial charge in [-0.15, -0.1) is 24.8 Å². The molecular formula is C16H22Cl2N2. The van der Waals surface area contributed by atoms with E-state index in [4.69, 9.17) is 0 Å². The first-order valence-electron chi connectivity index (χ1n) is 6.79. The lowest BCUT2D eigenvalue weighted by molar-refractivity contribution is 0.480. The predicted molar refractivity (Wildman–Crippen MR) is 91.3 cm³/mol. The summed E-state index contributed by atoms with van der Waals surface area (Å²) in [5.74, 6) is 0. The molecule has 0 amide bonds. The molecule has 0 bridgehead atoms. The summed E-state index contributed by atoms with van der Waals surface area (Å²) in [7, 11) is 0. The summed E-state index contributed by atoms with van der Waals surface area (Å²) in [5, 5.41) is 9.82. The SMILES string of the molecule is C[C@@H](N[C@H]1CCNC1)c1cccc2ccccc12.Cl.Cl. The second kappa shape index (κ2) is 7.84. The van der Waals surface area contributed by atoms with E-state index in [1.54, 1.807) is 0 Å². The quantitative estimate of drug-likeness (QED) is 0.903. The Kier molecular flexibility index (Phi) is 6.77. The highest BCUT2D eigenvalue weighted by molar-refractivity contribution is 5.86. The lowest BCUT2D eigenvalue weighted by Crippen LogP contribution is -2.33. The van der Waals surface area contributed by atoms with Crippen molar-refractivity contribution in [3.63, 3.8) is 0 Å². The molecule has 1 aliphatic rings. The van der Waals surface area contributed by atoms with Gasteiger partial charge in [0, 0.05) is 18.6 Å². The fourth-order valence-corrected chi connectivity index (χ4v) is 2.87. The number of hydrogen-bond donors (Lipinski definition) is 2. The van der Waals surface area contributed by atoms with Gasteiger partial charge in [0.25, 0.3) is 0 Å². The lowest BCUT2D eigenvalue weighted by Gasteiger charge is -2.20. The third-order valence-electron chi connectivity index (χ3n) is 3.84. The topological polar surface area (TPSA) is 24.1 Å². The van der Waals surface area contributed by atoms with Gasteiger partial charge < -0.3 is 10.6 Å². The van der Waals surface area contributed by atoms with Crippen LogP contribution in [0.3, 0.4) is 0 Å². The van der Waals surface area contributed by atoms with Crippen LogP contribution in [0.1, 0.15) is 24.9 Å². The molecule has 2 N–H and O–H groups in total. The van der Waals surface area contributed by atoms with Crippen molar-refractivity contribution >= 4 is 35.6 Å². The summed E-state index contributed by atoms with van der Waals surface area (Å²) in [5.41, 5.74) is 1.40. The van der Waals surface area contributed by atoms with Crippen molar-refractivity contribution in [1.29, 1.82) is 0 Å². The third-order valence-corrected chi connectivity index (χ3v) is 3.84. The average molecular weight is 313 g/mol. The molecule has 2 nitrogen and oxygen atoms in total. The summed E-state index contributed by atoms with van der Waals surface area (Å²) in [6.07, 6.45) is 1.23. The van der Waals surface area contributed by atoms with Crippen LogP contribution in [0, 0.1) is 0 Å². The molecule has 2 atom stereocenters. The monoisotopic (exact) mass is 312 g/mol. The number of halogens is 2. The third kappa shape index (κ3) is 3.64. The second-order valence-electron chi connectivity index (χ2n) is 5.15. The molecule has 1 aliphatic heterocycles. The Labute approximate surface area is 133 Å². The van der Waals surface area contributed by atoms with Crippen LogP contribution >= 0.6 is 24.8 Å². The number of fused-ring (bicyclic) bond motifs is 1. The Bertz CT molecular complexity index is 533. The van der Waals surface area contributed by atoms with Gasteiger partial charge in [0.15, 0.2) is 0 Å². The molecule has 0 aliphatic carbocycles. The highest BCUT2D eigenvalue weighted by Gasteiger charge is 2.17. The molecule has 0 saturated carbocycles. The molecule has 0 radical (unpaired) electrons. The largest absolute Gasteiger partial charge is 0.315 e. The van der Waals surface area contributed by atoms with E-state index in [1.165, 1.54) is 22.8 Å². The molecule has 1 fully saturated rings. The van der Waals surface area contributed by atoms with Gasteiger partial charge in [-0.25, -0.2) is 0 Å². The van der Waals surface area contributed by atoms with Gasteiger partial charge in [0.2, 0.25) is 0 Å². The van der Waals surface area contributed by atoms with Crippen LogP contribution < -0.4 is 10.6 Å². The Morgan fingerprint density at radius 2 is 1.85 bits per heavy atom. The molecule has 0 spiro atoms. The molecule has 0 unspecified atom stereocenters. The van der Waals surface area contributed by atoms with Crippen LogP contribution in [-0.4, -0.2) is 19.1 Å². The fraction of sp³-hybridized carbons (Fsp3) is 0.375. The van der Waals surface area contributed by atoms with Crippen LogP contribution in [0.25, 0.3) is 10.8 Å². The molecule has 20 heavy (non-hydrogen) atoms. The van der Waals surface area contributed by atoms with Crippen molar-refractivity contribution in [3.05, 3.63) is 48.0 Å². The fourth-order valence-electron chi connectivity index (χ4n) is 2.87. The van der Waals surface area contributed by atoms with E-state index in [-0.39, 0.29) is 24.8 Å². The highest BCUT2D eigenvalue weighted by Crippen LogP contribution is 2.24.